The molecular formula is C17H18N2O2. The van der Waals surface area contributed by atoms with Crippen LogP contribution >= 0.6 is 0 Å². The predicted molar refractivity (Wildman–Crippen MR) is 81.8 cm³/mol. The van der Waals surface area contributed by atoms with E-state index in [0.717, 1.165) is 29.2 Å². The Morgan fingerprint density at radius 2 is 1.76 bits per heavy atom. The van der Waals surface area contributed by atoms with Crippen LogP contribution in [0, 0.1) is 0 Å². The second kappa shape index (κ2) is 5.95. The van der Waals surface area contributed by atoms with Gasteiger partial charge in [0.05, 0.1) is 13.0 Å². The van der Waals surface area contributed by atoms with Crippen LogP contribution in [0.5, 0.6) is 0 Å². The molecule has 1 aliphatic rings. The fraction of sp³-hybridized carbons (Fsp3) is 0.294. The van der Waals surface area contributed by atoms with Crippen molar-refractivity contribution in [1.82, 2.24) is 10.6 Å². The summed E-state index contributed by atoms with van der Waals surface area (Å²) in [7, 11) is 0. The molecule has 2 aromatic rings. The normalized spacial score (nSPS) is 13.9. The Labute approximate surface area is 123 Å². The Balaban J connectivity index is 1.54. The fourth-order valence-corrected chi connectivity index (χ4v) is 2.28. The first-order valence-electron chi connectivity index (χ1n) is 7.24. The summed E-state index contributed by atoms with van der Waals surface area (Å²) in [6, 6.07) is 14.3. The molecule has 1 saturated carbocycles. The van der Waals surface area contributed by atoms with E-state index in [4.69, 9.17) is 0 Å². The van der Waals surface area contributed by atoms with Gasteiger partial charge in [-0.25, -0.2) is 0 Å². The highest BCUT2D eigenvalue weighted by molar-refractivity contribution is 5.87. The largest absolute Gasteiger partial charge is 0.352 e. The summed E-state index contributed by atoms with van der Waals surface area (Å²) in [4.78, 5) is 23.4. The van der Waals surface area contributed by atoms with Gasteiger partial charge in [0, 0.05) is 6.04 Å². The van der Waals surface area contributed by atoms with Crippen molar-refractivity contribution < 1.29 is 9.59 Å². The third-order valence-electron chi connectivity index (χ3n) is 3.57. The van der Waals surface area contributed by atoms with Crippen LogP contribution in [-0.4, -0.2) is 24.4 Å². The van der Waals surface area contributed by atoms with Gasteiger partial charge in [-0.1, -0.05) is 42.5 Å². The van der Waals surface area contributed by atoms with Crippen LogP contribution in [0.25, 0.3) is 10.8 Å². The van der Waals surface area contributed by atoms with Gasteiger partial charge in [-0.05, 0) is 29.2 Å². The monoisotopic (exact) mass is 282 g/mol. The highest BCUT2D eigenvalue weighted by Gasteiger charge is 2.23. The van der Waals surface area contributed by atoms with Crippen molar-refractivity contribution in [2.45, 2.75) is 25.3 Å². The molecule has 108 valence electrons. The molecule has 4 heteroatoms. The Morgan fingerprint density at radius 1 is 1.00 bits per heavy atom. The average molecular weight is 282 g/mol. The summed E-state index contributed by atoms with van der Waals surface area (Å²) in [5.41, 5.74) is 0.953. The van der Waals surface area contributed by atoms with E-state index in [1.807, 2.05) is 42.5 Å². The molecule has 0 unspecified atom stereocenters. The lowest BCUT2D eigenvalue weighted by atomic mass is 10.1. The van der Waals surface area contributed by atoms with Crippen molar-refractivity contribution in [3.63, 3.8) is 0 Å². The minimum absolute atomic E-state index is 0.0584. The van der Waals surface area contributed by atoms with Crippen LogP contribution in [0.4, 0.5) is 0 Å². The molecule has 1 fully saturated rings. The van der Waals surface area contributed by atoms with Crippen molar-refractivity contribution in [2.24, 2.45) is 0 Å². The van der Waals surface area contributed by atoms with E-state index in [1.54, 1.807) is 0 Å². The van der Waals surface area contributed by atoms with Gasteiger partial charge in [0.25, 0.3) is 0 Å². The van der Waals surface area contributed by atoms with Crippen molar-refractivity contribution in [2.75, 3.05) is 6.54 Å². The Morgan fingerprint density at radius 3 is 2.52 bits per heavy atom. The smallest absolute Gasteiger partial charge is 0.239 e. The van der Waals surface area contributed by atoms with Gasteiger partial charge in [-0.3, -0.25) is 9.59 Å². The minimum atomic E-state index is -0.128. The highest BCUT2D eigenvalue weighted by Crippen LogP contribution is 2.18. The average Bonchev–Trinajstić information content (AvgIpc) is 3.29. The van der Waals surface area contributed by atoms with Gasteiger partial charge in [-0.2, -0.15) is 0 Å². The number of hydrogen-bond acceptors (Lipinski definition) is 2. The molecule has 4 nitrogen and oxygen atoms in total. The maximum atomic E-state index is 11.9. The van der Waals surface area contributed by atoms with Gasteiger partial charge in [0.15, 0.2) is 0 Å². The third kappa shape index (κ3) is 3.81. The summed E-state index contributed by atoms with van der Waals surface area (Å²) in [6.07, 6.45) is 2.40. The van der Waals surface area contributed by atoms with Crippen molar-refractivity contribution in [3.05, 3.63) is 48.0 Å². The molecule has 1 aliphatic carbocycles. The fourth-order valence-electron chi connectivity index (χ4n) is 2.28. The lowest BCUT2D eigenvalue weighted by Gasteiger charge is -2.07. The lowest BCUT2D eigenvalue weighted by molar-refractivity contribution is -0.125. The predicted octanol–water partition coefficient (Wildman–Crippen LogP) is 1.78. The Kier molecular flexibility index (Phi) is 3.86. The second-order valence-electron chi connectivity index (χ2n) is 5.48. The van der Waals surface area contributed by atoms with Crippen LogP contribution in [0.3, 0.4) is 0 Å². The maximum Gasteiger partial charge on any atom is 0.239 e. The molecule has 0 aromatic heterocycles. The number of nitrogens with one attached hydrogen (secondary N) is 2. The molecule has 0 aliphatic heterocycles. The molecule has 2 amide bonds. The summed E-state index contributed by atoms with van der Waals surface area (Å²) in [6.45, 7) is 0.0584. The first kappa shape index (κ1) is 13.6. The molecule has 3 rings (SSSR count). The van der Waals surface area contributed by atoms with Gasteiger partial charge < -0.3 is 10.6 Å². The number of fused-ring (bicyclic) bond motifs is 1. The van der Waals surface area contributed by atoms with E-state index in [1.165, 1.54) is 0 Å². The summed E-state index contributed by atoms with van der Waals surface area (Å²) in [5.74, 6) is -0.236. The third-order valence-corrected chi connectivity index (χ3v) is 3.57. The van der Waals surface area contributed by atoms with E-state index in [0.29, 0.717) is 12.5 Å². The molecular weight excluding hydrogens is 264 g/mol. The second-order valence-corrected chi connectivity index (χ2v) is 5.48. The molecule has 2 N–H and O–H groups in total. The SMILES string of the molecule is O=C(Cc1ccc2ccccc2c1)NCC(=O)NC1CC1. The van der Waals surface area contributed by atoms with Crippen molar-refractivity contribution >= 4 is 22.6 Å². The summed E-state index contributed by atoms with van der Waals surface area (Å²) < 4.78 is 0. The minimum Gasteiger partial charge on any atom is -0.352 e. The quantitative estimate of drug-likeness (QED) is 0.878. The van der Waals surface area contributed by atoms with E-state index in [9.17, 15) is 9.59 Å². The van der Waals surface area contributed by atoms with Crippen LogP contribution in [0.1, 0.15) is 18.4 Å². The molecule has 0 atom stereocenters. The van der Waals surface area contributed by atoms with Crippen LogP contribution in [-0.2, 0) is 16.0 Å². The van der Waals surface area contributed by atoms with E-state index in [-0.39, 0.29) is 18.4 Å². The molecule has 0 bridgehead atoms. The van der Waals surface area contributed by atoms with E-state index >= 15 is 0 Å². The molecule has 0 spiro atoms. The van der Waals surface area contributed by atoms with Gasteiger partial charge in [0.2, 0.25) is 11.8 Å². The van der Waals surface area contributed by atoms with Gasteiger partial charge >= 0.3 is 0 Å². The molecule has 2 aromatic carbocycles. The zero-order chi connectivity index (χ0) is 14.7. The van der Waals surface area contributed by atoms with Crippen molar-refractivity contribution in [3.8, 4) is 0 Å². The molecule has 21 heavy (non-hydrogen) atoms. The number of carbonyl (C=O) groups excluding carboxylic acids is 2. The highest BCUT2D eigenvalue weighted by atomic mass is 16.2. The first-order chi connectivity index (χ1) is 10.2. The van der Waals surface area contributed by atoms with E-state index < -0.39 is 0 Å². The molecule has 0 heterocycles. The number of benzene rings is 2. The van der Waals surface area contributed by atoms with Crippen LogP contribution < -0.4 is 10.6 Å². The zero-order valence-corrected chi connectivity index (χ0v) is 11.8. The van der Waals surface area contributed by atoms with Gasteiger partial charge in [-0.15, -0.1) is 0 Å². The number of rotatable bonds is 5. The lowest BCUT2D eigenvalue weighted by Crippen LogP contribution is -2.38. The zero-order valence-electron chi connectivity index (χ0n) is 11.8. The summed E-state index contributed by atoms with van der Waals surface area (Å²) >= 11 is 0. The standard InChI is InChI=1S/C17H18N2O2/c20-16(18-11-17(21)19-15-7-8-15)10-12-5-6-13-3-1-2-4-14(13)9-12/h1-6,9,15H,7-8,10-11H2,(H,18,20)(H,19,21). The van der Waals surface area contributed by atoms with Crippen molar-refractivity contribution in [1.29, 1.82) is 0 Å². The Hall–Kier alpha value is -2.36. The Bertz CT molecular complexity index is 677. The maximum absolute atomic E-state index is 11.9. The van der Waals surface area contributed by atoms with E-state index in [2.05, 4.69) is 10.6 Å². The van der Waals surface area contributed by atoms with Crippen LogP contribution in [0.15, 0.2) is 42.5 Å². The summed E-state index contributed by atoms with van der Waals surface area (Å²) in [5, 5.41) is 7.78. The number of hydrogen-bond donors (Lipinski definition) is 2. The number of amides is 2. The van der Waals surface area contributed by atoms with Gasteiger partial charge in [0.1, 0.15) is 0 Å². The first-order valence-corrected chi connectivity index (χ1v) is 7.24. The molecule has 0 saturated heterocycles. The number of carbonyl (C=O) groups is 2. The molecule has 0 radical (unpaired) electrons. The van der Waals surface area contributed by atoms with Crippen LogP contribution in [0.2, 0.25) is 0 Å². The topological polar surface area (TPSA) is 58.2 Å².